The van der Waals surface area contributed by atoms with Gasteiger partial charge in [0, 0.05) is 0 Å². The third-order valence-corrected chi connectivity index (χ3v) is 5.25. The maximum atomic E-state index is 12.0. The van der Waals surface area contributed by atoms with Crippen molar-refractivity contribution >= 4 is 51.2 Å². The molecule has 0 N–H and O–H groups in total. The molecule has 0 heterocycles. The van der Waals surface area contributed by atoms with Crippen LogP contribution >= 0.6 is 35.7 Å². The molecule has 1 aliphatic carbocycles. The fraction of sp³-hybridized carbons (Fsp3) is 0.533. The van der Waals surface area contributed by atoms with Gasteiger partial charge in [0.05, 0.1) is 5.92 Å². The van der Waals surface area contributed by atoms with Gasteiger partial charge in [-0.2, -0.15) is 0 Å². The zero-order valence-corrected chi connectivity index (χ0v) is 15.3. The van der Waals surface area contributed by atoms with Gasteiger partial charge in [-0.05, 0) is 19.6 Å². The molecule has 0 unspecified atom stereocenters. The lowest BCUT2D eigenvalue weighted by Gasteiger charge is -2.21. The Labute approximate surface area is 145 Å². The highest BCUT2D eigenvalue weighted by molar-refractivity contribution is 8.47. The summed E-state index contributed by atoms with van der Waals surface area (Å²) < 4.78 is 10.2. The summed E-state index contributed by atoms with van der Waals surface area (Å²) in [5.74, 6) is -0.161. The molecule has 0 saturated carbocycles. The van der Waals surface area contributed by atoms with Gasteiger partial charge in [-0.25, -0.2) is 0 Å². The van der Waals surface area contributed by atoms with Gasteiger partial charge in [-0.15, -0.1) is 11.8 Å². The number of carbonyl (C=O) groups is 2. The first-order valence-corrected chi connectivity index (χ1v) is 9.12. The highest BCUT2D eigenvalue weighted by Crippen LogP contribution is 2.31. The second kappa shape index (κ2) is 9.37. The van der Waals surface area contributed by atoms with Crippen molar-refractivity contribution in [2.75, 3.05) is 19.0 Å². The topological polar surface area (TPSA) is 52.6 Å². The zero-order valence-electron chi connectivity index (χ0n) is 12.9. The molecule has 0 bridgehead atoms. The van der Waals surface area contributed by atoms with Crippen LogP contribution in [0.15, 0.2) is 24.3 Å². The van der Waals surface area contributed by atoms with Crippen LogP contribution in [0.25, 0.3) is 0 Å². The van der Waals surface area contributed by atoms with Gasteiger partial charge < -0.3 is 9.47 Å². The molecule has 0 saturated heterocycles. The first-order chi connectivity index (χ1) is 10.4. The molecule has 0 aromatic carbocycles. The molecular formula is C15H20O4S3. The Kier molecular flexibility index (Phi) is 8.20. The predicted molar refractivity (Wildman–Crippen MR) is 96.1 cm³/mol. The summed E-state index contributed by atoms with van der Waals surface area (Å²) in [7, 11) is 0. The lowest BCUT2D eigenvalue weighted by Crippen LogP contribution is -2.32. The van der Waals surface area contributed by atoms with Crippen LogP contribution in [0.5, 0.6) is 0 Å². The number of allylic oxidation sites excluding steroid dienone is 2. The molecular weight excluding hydrogens is 340 g/mol. The number of esters is 2. The molecule has 0 aromatic heterocycles. The summed E-state index contributed by atoms with van der Waals surface area (Å²) >= 11 is 8.03. The lowest BCUT2D eigenvalue weighted by molar-refractivity contribution is -0.154. The highest BCUT2D eigenvalue weighted by atomic mass is 32.2. The number of thiocarbonyl (C=S) groups is 1. The van der Waals surface area contributed by atoms with Crippen molar-refractivity contribution in [3.63, 3.8) is 0 Å². The summed E-state index contributed by atoms with van der Waals surface area (Å²) in [5, 5.41) is 0. The number of hydrogen-bond acceptors (Lipinski definition) is 7. The molecule has 0 spiro atoms. The molecule has 1 rings (SSSR count). The SMILES string of the molecule is CCSC(=S)SC(C)(C)C(=O)OCCOC(=O)C1C=CC=C1. The minimum Gasteiger partial charge on any atom is -0.461 e. The van der Waals surface area contributed by atoms with E-state index in [9.17, 15) is 9.59 Å². The first kappa shape index (κ1) is 19.3. The zero-order chi connectivity index (χ0) is 16.6. The van der Waals surface area contributed by atoms with Crippen molar-refractivity contribution in [1.29, 1.82) is 0 Å². The monoisotopic (exact) mass is 360 g/mol. The van der Waals surface area contributed by atoms with Crippen LogP contribution in [0.3, 0.4) is 0 Å². The fourth-order valence-electron chi connectivity index (χ4n) is 1.53. The van der Waals surface area contributed by atoms with E-state index < -0.39 is 4.75 Å². The Morgan fingerprint density at radius 3 is 2.36 bits per heavy atom. The van der Waals surface area contributed by atoms with Crippen molar-refractivity contribution in [3.8, 4) is 0 Å². The van der Waals surface area contributed by atoms with E-state index in [1.54, 1.807) is 38.2 Å². The van der Waals surface area contributed by atoms with E-state index in [0.29, 0.717) is 0 Å². The summed E-state index contributed by atoms with van der Waals surface area (Å²) in [5.41, 5.74) is 0. The molecule has 0 aliphatic heterocycles. The van der Waals surface area contributed by atoms with Crippen LogP contribution in [-0.4, -0.2) is 39.2 Å². The molecule has 22 heavy (non-hydrogen) atoms. The van der Waals surface area contributed by atoms with Gasteiger partial charge in [0.1, 0.15) is 21.5 Å². The van der Waals surface area contributed by atoms with Crippen molar-refractivity contribution < 1.29 is 19.1 Å². The number of rotatable bonds is 7. The Hall–Kier alpha value is -0.790. The Balaban J connectivity index is 2.26. The van der Waals surface area contributed by atoms with Gasteiger partial charge in [-0.3, -0.25) is 9.59 Å². The summed E-state index contributed by atoms with van der Waals surface area (Å²) in [4.78, 5) is 23.6. The minimum atomic E-state index is -0.750. The van der Waals surface area contributed by atoms with Crippen molar-refractivity contribution in [2.24, 2.45) is 5.92 Å². The molecule has 1 aliphatic rings. The summed E-state index contributed by atoms with van der Waals surface area (Å²) in [6.07, 6.45) is 7.09. The molecule has 0 atom stereocenters. The van der Waals surface area contributed by atoms with Crippen LogP contribution < -0.4 is 0 Å². The average molecular weight is 361 g/mol. The van der Waals surface area contributed by atoms with Gasteiger partial charge in [0.25, 0.3) is 0 Å². The van der Waals surface area contributed by atoms with Gasteiger partial charge in [-0.1, -0.05) is 55.2 Å². The second-order valence-corrected chi connectivity index (χ2v) is 8.99. The van der Waals surface area contributed by atoms with E-state index in [0.717, 1.165) is 9.28 Å². The second-order valence-electron chi connectivity index (χ2n) is 4.89. The fourth-order valence-corrected chi connectivity index (χ4v) is 4.52. The molecule has 7 heteroatoms. The van der Waals surface area contributed by atoms with Gasteiger partial charge >= 0.3 is 11.9 Å². The minimum absolute atomic E-state index is 0.0440. The number of ether oxygens (including phenoxy) is 2. The smallest absolute Gasteiger partial charge is 0.322 e. The van der Waals surface area contributed by atoms with Crippen LogP contribution in [0, 0.1) is 5.92 Å². The maximum absolute atomic E-state index is 12.0. The largest absolute Gasteiger partial charge is 0.461 e. The third kappa shape index (κ3) is 6.54. The molecule has 0 radical (unpaired) electrons. The molecule has 4 nitrogen and oxygen atoms in total. The number of thioether (sulfide) groups is 2. The Bertz CT molecular complexity index is 471. The predicted octanol–water partition coefficient (Wildman–Crippen LogP) is 3.36. The molecule has 0 amide bonds. The van der Waals surface area contributed by atoms with E-state index >= 15 is 0 Å². The van der Waals surface area contributed by atoms with Crippen molar-refractivity contribution in [3.05, 3.63) is 24.3 Å². The molecule has 0 aromatic rings. The quantitative estimate of drug-likeness (QED) is 0.392. The summed E-state index contributed by atoms with van der Waals surface area (Å²) in [6.45, 7) is 5.64. The normalized spacial score (nSPS) is 14.1. The lowest BCUT2D eigenvalue weighted by atomic mass is 10.2. The highest BCUT2D eigenvalue weighted by Gasteiger charge is 2.31. The van der Waals surface area contributed by atoms with E-state index in [1.807, 2.05) is 6.92 Å². The van der Waals surface area contributed by atoms with E-state index in [-0.39, 0.29) is 31.1 Å². The van der Waals surface area contributed by atoms with E-state index in [2.05, 4.69) is 0 Å². The van der Waals surface area contributed by atoms with Gasteiger partial charge in [0.2, 0.25) is 0 Å². The van der Waals surface area contributed by atoms with Crippen molar-refractivity contribution in [2.45, 2.75) is 25.5 Å². The summed E-state index contributed by atoms with van der Waals surface area (Å²) in [6, 6.07) is 0. The maximum Gasteiger partial charge on any atom is 0.322 e. The number of carbonyl (C=O) groups excluding carboxylic acids is 2. The van der Waals surface area contributed by atoms with Crippen LogP contribution in [0.4, 0.5) is 0 Å². The average Bonchev–Trinajstić information content (AvgIpc) is 2.96. The van der Waals surface area contributed by atoms with E-state index in [1.165, 1.54) is 23.5 Å². The van der Waals surface area contributed by atoms with Gasteiger partial charge in [0.15, 0.2) is 0 Å². The van der Waals surface area contributed by atoms with Crippen molar-refractivity contribution in [1.82, 2.24) is 0 Å². The van der Waals surface area contributed by atoms with Crippen LogP contribution in [0.1, 0.15) is 20.8 Å². The van der Waals surface area contributed by atoms with E-state index in [4.69, 9.17) is 21.7 Å². The Morgan fingerprint density at radius 1 is 1.18 bits per heavy atom. The standard InChI is InChI=1S/C15H20O4S3/c1-4-21-14(20)22-15(2,3)13(17)19-10-9-18-12(16)11-7-5-6-8-11/h5-8,11H,4,9-10H2,1-3H3. The molecule has 122 valence electrons. The Morgan fingerprint density at radius 2 is 1.77 bits per heavy atom. The van der Waals surface area contributed by atoms with Crippen LogP contribution in [-0.2, 0) is 19.1 Å². The number of hydrogen-bond donors (Lipinski definition) is 0. The van der Waals surface area contributed by atoms with Crippen LogP contribution in [0.2, 0.25) is 0 Å². The molecule has 0 fully saturated rings. The first-order valence-electron chi connectivity index (χ1n) is 6.91. The third-order valence-electron chi connectivity index (χ3n) is 2.67.